The van der Waals surface area contributed by atoms with Crippen molar-refractivity contribution in [3.63, 3.8) is 0 Å². The lowest BCUT2D eigenvalue weighted by Gasteiger charge is -2.03. The van der Waals surface area contributed by atoms with Crippen LogP contribution >= 0.6 is 0 Å². The molecule has 108 valence electrons. The number of nitrogens with zero attached hydrogens (tertiary/aromatic N) is 2. The zero-order valence-electron chi connectivity index (χ0n) is 11.5. The van der Waals surface area contributed by atoms with E-state index in [-0.39, 0.29) is 5.75 Å². The van der Waals surface area contributed by atoms with Crippen LogP contribution in [0.1, 0.15) is 6.92 Å². The molecule has 1 aromatic heterocycles. The lowest BCUT2D eigenvalue weighted by atomic mass is 10.0. The van der Waals surface area contributed by atoms with Gasteiger partial charge in [0, 0.05) is 11.3 Å². The summed E-state index contributed by atoms with van der Waals surface area (Å²) in [7, 11) is -3.34. The monoisotopic (exact) mass is 301 g/mol. The van der Waals surface area contributed by atoms with Crippen molar-refractivity contribution in [3.05, 3.63) is 48.8 Å². The van der Waals surface area contributed by atoms with E-state index in [0.717, 1.165) is 31.7 Å². The molecule has 6 heteroatoms. The Morgan fingerprint density at radius 2 is 1.81 bits per heavy atom. The third-order valence-electron chi connectivity index (χ3n) is 3.41. The summed E-state index contributed by atoms with van der Waals surface area (Å²) in [5.74, 6) is 0.0190. The van der Waals surface area contributed by atoms with Crippen molar-refractivity contribution >= 4 is 26.5 Å². The molecule has 21 heavy (non-hydrogen) atoms. The van der Waals surface area contributed by atoms with Gasteiger partial charge in [-0.1, -0.05) is 18.2 Å². The molecule has 0 saturated carbocycles. The maximum Gasteiger partial charge on any atom is 0.253 e. The Morgan fingerprint density at radius 3 is 2.57 bits per heavy atom. The number of aromatic nitrogens is 2. The molecule has 0 aliphatic heterocycles. The molecule has 1 heterocycles. The van der Waals surface area contributed by atoms with Gasteiger partial charge in [0.25, 0.3) is 10.0 Å². The van der Waals surface area contributed by atoms with E-state index in [2.05, 4.69) is 5.10 Å². The van der Waals surface area contributed by atoms with Gasteiger partial charge in [0.2, 0.25) is 0 Å². The van der Waals surface area contributed by atoms with E-state index < -0.39 is 10.0 Å². The Morgan fingerprint density at radius 1 is 1.10 bits per heavy atom. The number of hydrogen-bond acceptors (Lipinski definition) is 4. The fourth-order valence-corrected chi connectivity index (χ4v) is 2.91. The van der Waals surface area contributed by atoms with Gasteiger partial charge in [0.1, 0.15) is 0 Å². The summed E-state index contributed by atoms with van der Waals surface area (Å²) in [4.78, 5) is 0. The lowest BCUT2D eigenvalue weighted by Crippen LogP contribution is -2.14. The van der Waals surface area contributed by atoms with Crippen LogP contribution in [-0.4, -0.2) is 23.4 Å². The van der Waals surface area contributed by atoms with Crippen molar-refractivity contribution in [2.45, 2.75) is 6.92 Å². The minimum Gasteiger partial charge on any atom is -0.399 e. The molecule has 0 unspecified atom stereocenters. The zero-order valence-corrected chi connectivity index (χ0v) is 12.3. The minimum absolute atomic E-state index is 0.0190. The third kappa shape index (κ3) is 2.50. The smallest absolute Gasteiger partial charge is 0.253 e. The average Bonchev–Trinajstić information content (AvgIpc) is 2.97. The molecule has 0 amide bonds. The van der Waals surface area contributed by atoms with Crippen LogP contribution in [-0.2, 0) is 10.0 Å². The summed E-state index contributed by atoms with van der Waals surface area (Å²) in [5.41, 5.74) is 8.17. The van der Waals surface area contributed by atoms with Gasteiger partial charge in [-0.3, -0.25) is 0 Å². The van der Waals surface area contributed by atoms with Crippen molar-refractivity contribution in [2.24, 2.45) is 0 Å². The molecule has 2 aromatic carbocycles. The van der Waals surface area contributed by atoms with Gasteiger partial charge in [-0.15, -0.1) is 0 Å². The number of nitrogen functional groups attached to an aromatic ring is 1. The van der Waals surface area contributed by atoms with Gasteiger partial charge in [-0.25, -0.2) is 8.42 Å². The number of anilines is 1. The molecule has 0 radical (unpaired) electrons. The standard InChI is InChI=1S/C15H15N3O2S/c1-2-21(19,20)18-10-14(9-17-18)12-3-4-13-8-15(16)6-5-11(13)7-12/h3-10H,2,16H2,1H3. The third-order valence-corrected chi connectivity index (χ3v) is 4.91. The second-order valence-corrected chi connectivity index (χ2v) is 6.94. The highest BCUT2D eigenvalue weighted by atomic mass is 32.2. The maximum atomic E-state index is 11.8. The fraction of sp³-hybridized carbons (Fsp3) is 0.133. The predicted molar refractivity (Wildman–Crippen MR) is 84.4 cm³/mol. The van der Waals surface area contributed by atoms with Gasteiger partial charge in [0.15, 0.2) is 0 Å². The zero-order chi connectivity index (χ0) is 15.0. The molecule has 0 spiro atoms. The van der Waals surface area contributed by atoms with Gasteiger partial charge < -0.3 is 5.73 Å². The summed E-state index contributed by atoms with van der Waals surface area (Å²) in [6.45, 7) is 1.59. The molecule has 0 saturated heterocycles. The number of fused-ring (bicyclic) bond motifs is 1. The lowest BCUT2D eigenvalue weighted by molar-refractivity contribution is 0.581. The molecule has 0 aliphatic rings. The van der Waals surface area contributed by atoms with Crippen LogP contribution in [0.2, 0.25) is 0 Å². The van der Waals surface area contributed by atoms with Crippen LogP contribution < -0.4 is 5.73 Å². The molecule has 2 N–H and O–H groups in total. The SMILES string of the molecule is CCS(=O)(=O)n1cc(-c2ccc3cc(N)ccc3c2)cn1. The highest BCUT2D eigenvalue weighted by Crippen LogP contribution is 2.25. The van der Waals surface area contributed by atoms with Crippen LogP contribution in [0.25, 0.3) is 21.9 Å². The van der Waals surface area contributed by atoms with Crippen LogP contribution in [0.5, 0.6) is 0 Å². The summed E-state index contributed by atoms with van der Waals surface area (Å²) in [6.07, 6.45) is 3.10. The van der Waals surface area contributed by atoms with Crippen LogP contribution in [0.3, 0.4) is 0 Å². The second-order valence-electron chi connectivity index (χ2n) is 4.82. The minimum atomic E-state index is -3.34. The van der Waals surface area contributed by atoms with Gasteiger partial charge in [-0.2, -0.15) is 9.19 Å². The van der Waals surface area contributed by atoms with Crippen molar-refractivity contribution in [3.8, 4) is 11.1 Å². The highest BCUT2D eigenvalue weighted by molar-refractivity contribution is 7.89. The largest absolute Gasteiger partial charge is 0.399 e. The van der Waals surface area contributed by atoms with Crippen LogP contribution in [0.15, 0.2) is 48.8 Å². The highest BCUT2D eigenvalue weighted by Gasteiger charge is 2.12. The quantitative estimate of drug-likeness (QED) is 0.754. The summed E-state index contributed by atoms with van der Waals surface area (Å²) < 4.78 is 24.6. The Kier molecular flexibility index (Phi) is 3.17. The van der Waals surface area contributed by atoms with E-state index in [0.29, 0.717) is 0 Å². The summed E-state index contributed by atoms with van der Waals surface area (Å²) in [6, 6.07) is 11.6. The molecule has 5 nitrogen and oxygen atoms in total. The van der Waals surface area contributed by atoms with Crippen molar-refractivity contribution in [1.82, 2.24) is 9.19 Å². The first-order valence-corrected chi connectivity index (χ1v) is 8.18. The Bertz CT molecular complexity index is 914. The van der Waals surface area contributed by atoms with E-state index in [4.69, 9.17) is 5.73 Å². The molecule has 0 fully saturated rings. The van der Waals surface area contributed by atoms with E-state index >= 15 is 0 Å². The Hall–Kier alpha value is -2.34. The van der Waals surface area contributed by atoms with Crippen molar-refractivity contribution in [2.75, 3.05) is 11.5 Å². The molecule has 0 aliphatic carbocycles. The molecule has 0 atom stereocenters. The molecular formula is C15H15N3O2S. The average molecular weight is 301 g/mol. The molecule has 3 rings (SSSR count). The number of rotatable bonds is 3. The maximum absolute atomic E-state index is 11.8. The van der Waals surface area contributed by atoms with E-state index in [1.165, 1.54) is 6.20 Å². The van der Waals surface area contributed by atoms with Crippen LogP contribution in [0, 0.1) is 0 Å². The number of hydrogen-bond donors (Lipinski definition) is 1. The van der Waals surface area contributed by atoms with Crippen LogP contribution in [0.4, 0.5) is 5.69 Å². The Labute approximate surface area is 123 Å². The first-order chi connectivity index (χ1) is 9.99. The first kappa shape index (κ1) is 13.6. The van der Waals surface area contributed by atoms with Gasteiger partial charge in [0.05, 0.1) is 18.1 Å². The van der Waals surface area contributed by atoms with E-state index in [1.807, 2.05) is 36.4 Å². The van der Waals surface area contributed by atoms with E-state index in [1.54, 1.807) is 13.1 Å². The van der Waals surface area contributed by atoms with Gasteiger partial charge in [-0.05, 0) is 41.5 Å². The topological polar surface area (TPSA) is 78.0 Å². The van der Waals surface area contributed by atoms with Crippen molar-refractivity contribution in [1.29, 1.82) is 0 Å². The second kappa shape index (κ2) is 4.89. The first-order valence-electron chi connectivity index (χ1n) is 6.57. The van der Waals surface area contributed by atoms with E-state index in [9.17, 15) is 8.42 Å². The number of nitrogens with two attached hydrogens (primary N) is 1. The molecule has 3 aromatic rings. The molecular weight excluding hydrogens is 286 g/mol. The predicted octanol–water partition coefficient (Wildman–Crippen LogP) is 2.48. The summed E-state index contributed by atoms with van der Waals surface area (Å²) >= 11 is 0. The van der Waals surface area contributed by atoms with Gasteiger partial charge >= 0.3 is 0 Å². The van der Waals surface area contributed by atoms with Crippen molar-refractivity contribution < 1.29 is 8.42 Å². The normalized spacial score (nSPS) is 11.9. The number of benzene rings is 2. The Balaban J connectivity index is 2.07. The fourth-order valence-electron chi connectivity index (χ4n) is 2.18. The summed E-state index contributed by atoms with van der Waals surface area (Å²) in [5, 5.41) is 6.04. The molecule has 0 bridgehead atoms.